The second-order valence-electron chi connectivity index (χ2n) is 5.46. The minimum atomic E-state index is 0.705. The van der Waals surface area contributed by atoms with Gasteiger partial charge in [-0.25, -0.2) is 9.97 Å². The number of fused-ring (bicyclic) bond motifs is 1. The molecule has 3 heterocycles. The molecule has 4 aromatic rings. The predicted octanol–water partition coefficient (Wildman–Crippen LogP) is 4.59. The molecule has 0 aliphatic rings. The molecule has 1 N–H and O–H groups in total. The third kappa shape index (κ3) is 3.25. The number of hydrogen-bond acceptors (Lipinski definition) is 6. The third-order valence-electron chi connectivity index (χ3n) is 3.82. The first-order valence-corrected chi connectivity index (χ1v) is 8.63. The fourth-order valence-electron chi connectivity index (χ4n) is 2.48. The maximum Gasteiger partial charge on any atom is 0.158 e. The van der Waals surface area contributed by atoms with Crippen molar-refractivity contribution in [2.75, 3.05) is 5.43 Å². The first-order chi connectivity index (χ1) is 12.3. The van der Waals surface area contributed by atoms with Crippen LogP contribution in [-0.2, 0) is 0 Å². The zero-order valence-corrected chi connectivity index (χ0v) is 14.4. The van der Waals surface area contributed by atoms with Gasteiger partial charge in [-0.3, -0.25) is 10.4 Å². The van der Waals surface area contributed by atoms with Gasteiger partial charge < -0.3 is 0 Å². The molecule has 1 aromatic carbocycles. The number of aromatic nitrogens is 3. The quantitative estimate of drug-likeness (QED) is 0.434. The van der Waals surface area contributed by atoms with Gasteiger partial charge in [0.05, 0.1) is 11.1 Å². The fourth-order valence-corrected chi connectivity index (χ4v) is 3.49. The molecular weight excluding hydrogens is 330 g/mol. The van der Waals surface area contributed by atoms with E-state index in [0.717, 1.165) is 26.4 Å². The fraction of sp³-hybridized carbons (Fsp3) is 0.0526. The monoisotopic (exact) mass is 345 g/mol. The third-order valence-corrected chi connectivity index (χ3v) is 4.91. The summed E-state index contributed by atoms with van der Waals surface area (Å²) in [6, 6.07) is 16.2. The molecule has 0 saturated heterocycles. The number of benzene rings is 1. The van der Waals surface area contributed by atoms with Crippen LogP contribution in [0.4, 0.5) is 5.82 Å². The number of pyridine rings is 1. The minimum Gasteiger partial charge on any atom is -0.265 e. The summed E-state index contributed by atoms with van der Waals surface area (Å²) in [5.74, 6) is 0.705. The largest absolute Gasteiger partial charge is 0.265 e. The smallest absolute Gasteiger partial charge is 0.158 e. The molecule has 0 bridgehead atoms. The normalized spacial score (nSPS) is 11.6. The molecule has 0 spiro atoms. The van der Waals surface area contributed by atoms with Gasteiger partial charge in [0.2, 0.25) is 0 Å². The summed E-state index contributed by atoms with van der Waals surface area (Å²) < 4.78 is 0. The SMILES string of the molecule is C/C(=N/Nc1ncnc2sc(-c3ccccc3)cc12)c1ccncc1. The van der Waals surface area contributed by atoms with Crippen LogP contribution in [-0.4, -0.2) is 20.7 Å². The van der Waals surface area contributed by atoms with Crippen LogP contribution < -0.4 is 5.43 Å². The molecule has 0 radical (unpaired) electrons. The number of anilines is 1. The molecule has 122 valence electrons. The molecule has 0 unspecified atom stereocenters. The Kier molecular flexibility index (Phi) is 4.18. The second kappa shape index (κ2) is 6.78. The van der Waals surface area contributed by atoms with Crippen molar-refractivity contribution in [2.24, 2.45) is 5.10 Å². The number of rotatable bonds is 4. The Bertz CT molecular complexity index is 1030. The highest BCUT2D eigenvalue weighted by Crippen LogP contribution is 2.34. The van der Waals surface area contributed by atoms with Crippen LogP contribution in [0.25, 0.3) is 20.7 Å². The number of thiophene rings is 1. The summed E-state index contributed by atoms with van der Waals surface area (Å²) in [5.41, 5.74) is 6.13. The van der Waals surface area contributed by atoms with Crippen molar-refractivity contribution >= 4 is 33.1 Å². The Balaban J connectivity index is 1.67. The van der Waals surface area contributed by atoms with Gasteiger partial charge in [0, 0.05) is 22.8 Å². The molecular formula is C19H15N5S. The van der Waals surface area contributed by atoms with E-state index in [2.05, 4.69) is 43.7 Å². The Morgan fingerprint density at radius 3 is 2.64 bits per heavy atom. The van der Waals surface area contributed by atoms with Crippen molar-refractivity contribution in [1.82, 2.24) is 15.0 Å². The van der Waals surface area contributed by atoms with Gasteiger partial charge in [-0.1, -0.05) is 30.3 Å². The maximum atomic E-state index is 4.45. The molecule has 0 aliphatic heterocycles. The average molecular weight is 345 g/mol. The van der Waals surface area contributed by atoms with E-state index in [4.69, 9.17) is 0 Å². The summed E-state index contributed by atoms with van der Waals surface area (Å²) in [6.45, 7) is 1.95. The van der Waals surface area contributed by atoms with E-state index in [1.165, 1.54) is 5.56 Å². The average Bonchev–Trinajstić information content (AvgIpc) is 3.12. The van der Waals surface area contributed by atoms with Crippen LogP contribution in [0.1, 0.15) is 12.5 Å². The minimum absolute atomic E-state index is 0.705. The standard InChI is InChI=1S/C19H15N5S/c1-13(14-7-9-20-10-8-14)23-24-18-16-11-17(15-5-3-2-4-6-15)25-19(16)22-12-21-18/h2-12H,1H3,(H,21,22,24)/b23-13-. The van der Waals surface area contributed by atoms with Crippen molar-refractivity contribution in [3.05, 3.63) is 72.8 Å². The zero-order chi connectivity index (χ0) is 17.1. The van der Waals surface area contributed by atoms with Crippen molar-refractivity contribution < 1.29 is 0 Å². The van der Waals surface area contributed by atoms with Crippen LogP contribution in [0.3, 0.4) is 0 Å². The Hall–Kier alpha value is -3.12. The zero-order valence-electron chi connectivity index (χ0n) is 13.5. The lowest BCUT2D eigenvalue weighted by atomic mass is 10.2. The van der Waals surface area contributed by atoms with Crippen molar-refractivity contribution in [3.8, 4) is 10.4 Å². The molecule has 0 fully saturated rings. The second-order valence-corrected chi connectivity index (χ2v) is 6.49. The van der Waals surface area contributed by atoms with Crippen LogP contribution in [0.15, 0.2) is 72.4 Å². The highest BCUT2D eigenvalue weighted by Gasteiger charge is 2.09. The molecule has 0 amide bonds. The molecule has 3 aromatic heterocycles. The summed E-state index contributed by atoms with van der Waals surface area (Å²) in [7, 11) is 0. The van der Waals surface area contributed by atoms with Crippen molar-refractivity contribution in [2.45, 2.75) is 6.92 Å². The molecule has 4 rings (SSSR count). The Labute approximate surface area is 149 Å². The van der Waals surface area contributed by atoms with Crippen molar-refractivity contribution in [1.29, 1.82) is 0 Å². The molecule has 0 atom stereocenters. The van der Waals surface area contributed by atoms with Gasteiger partial charge in [0.25, 0.3) is 0 Å². The lowest BCUT2D eigenvalue weighted by Gasteiger charge is -2.03. The van der Waals surface area contributed by atoms with E-state index in [9.17, 15) is 0 Å². The Morgan fingerprint density at radius 1 is 1.04 bits per heavy atom. The first kappa shape index (κ1) is 15.4. The number of nitrogens with zero attached hydrogens (tertiary/aromatic N) is 4. The summed E-state index contributed by atoms with van der Waals surface area (Å²) in [5, 5.41) is 5.42. The highest BCUT2D eigenvalue weighted by molar-refractivity contribution is 7.21. The van der Waals surface area contributed by atoms with Gasteiger partial charge in [0.15, 0.2) is 5.82 Å². The summed E-state index contributed by atoms with van der Waals surface area (Å²) in [6.07, 6.45) is 5.07. The Morgan fingerprint density at radius 2 is 1.84 bits per heavy atom. The lowest BCUT2D eigenvalue weighted by molar-refractivity contribution is 1.18. The molecule has 0 aliphatic carbocycles. The van der Waals surface area contributed by atoms with Gasteiger partial charge in [-0.05, 0) is 30.7 Å². The molecule has 6 heteroatoms. The van der Waals surface area contributed by atoms with Crippen LogP contribution in [0.5, 0.6) is 0 Å². The highest BCUT2D eigenvalue weighted by atomic mass is 32.1. The van der Waals surface area contributed by atoms with Crippen LogP contribution >= 0.6 is 11.3 Å². The number of nitrogens with one attached hydrogen (secondary N) is 1. The lowest BCUT2D eigenvalue weighted by Crippen LogP contribution is -2.01. The van der Waals surface area contributed by atoms with E-state index in [-0.39, 0.29) is 0 Å². The van der Waals surface area contributed by atoms with Gasteiger partial charge >= 0.3 is 0 Å². The number of hydrazone groups is 1. The van der Waals surface area contributed by atoms with Gasteiger partial charge in [-0.15, -0.1) is 11.3 Å². The first-order valence-electron chi connectivity index (χ1n) is 7.82. The van der Waals surface area contributed by atoms with Crippen LogP contribution in [0, 0.1) is 0 Å². The molecule has 0 saturated carbocycles. The van der Waals surface area contributed by atoms with E-state index in [1.54, 1.807) is 30.1 Å². The van der Waals surface area contributed by atoms with Gasteiger partial charge in [-0.2, -0.15) is 5.10 Å². The van der Waals surface area contributed by atoms with E-state index < -0.39 is 0 Å². The van der Waals surface area contributed by atoms with E-state index in [0.29, 0.717) is 5.82 Å². The van der Waals surface area contributed by atoms with Crippen molar-refractivity contribution in [3.63, 3.8) is 0 Å². The van der Waals surface area contributed by atoms with Gasteiger partial charge in [0.1, 0.15) is 11.2 Å². The predicted molar refractivity (Wildman–Crippen MR) is 103 cm³/mol. The summed E-state index contributed by atoms with van der Waals surface area (Å²) >= 11 is 1.65. The molecule has 25 heavy (non-hydrogen) atoms. The molecule has 5 nitrogen and oxygen atoms in total. The van der Waals surface area contributed by atoms with Crippen LogP contribution in [0.2, 0.25) is 0 Å². The van der Waals surface area contributed by atoms with E-state index in [1.807, 2.05) is 37.3 Å². The topological polar surface area (TPSA) is 63.1 Å². The maximum absolute atomic E-state index is 4.45. The van der Waals surface area contributed by atoms with E-state index >= 15 is 0 Å². The summed E-state index contributed by atoms with van der Waals surface area (Å²) in [4.78, 5) is 14.9. The number of hydrogen-bond donors (Lipinski definition) is 1.